The average molecular weight is 363 g/mol. The summed E-state index contributed by atoms with van der Waals surface area (Å²) in [5, 5.41) is 10.9. The number of hydrogen-bond acceptors (Lipinski definition) is 4. The Balaban J connectivity index is 1.69. The molecule has 0 radical (unpaired) electrons. The Hall–Kier alpha value is -2.71. The number of aromatic amines is 1. The van der Waals surface area contributed by atoms with Gasteiger partial charge in [0.05, 0.1) is 11.9 Å². The first kappa shape index (κ1) is 16.7. The summed E-state index contributed by atoms with van der Waals surface area (Å²) in [7, 11) is 0. The molecule has 3 aromatic rings. The molecule has 4 heterocycles. The monoisotopic (exact) mass is 363 g/mol. The molecule has 136 valence electrons. The van der Waals surface area contributed by atoms with E-state index in [9.17, 15) is 18.0 Å². The van der Waals surface area contributed by atoms with Gasteiger partial charge in [0, 0.05) is 47.6 Å². The van der Waals surface area contributed by atoms with Crippen molar-refractivity contribution in [2.45, 2.75) is 31.4 Å². The van der Waals surface area contributed by atoms with Crippen LogP contribution < -0.4 is 0 Å². The Morgan fingerprint density at radius 3 is 3.00 bits per heavy atom. The van der Waals surface area contributed by atoms with E-state index in [0.29, 0.717) is 24.3 Å². The summed E-state index contributed by atoms with van der Waals surface area (Å²) in [4.78, 5) is 20.6. The first-order valence-electron chi connectivity index (χ1n) is 8.34. The number of piperidine rings is 1. The molecule has 1 atom stereocenters. The molecule has 1 unspecified atom stereocenters. The van der Waals surface area contributed by atoms with Gasteiger partial charge in [-0.05, 0) is 18.9 Å². The predicted molar refractivity (Wildman–Crippen MR) is 88.4 cm³/mol. The van der Waals surface area contributed by atoms with E-state index in [4.69, 9.17) is 0 Å². The number of rotatable bonds is 2. The van der Waals surface area contributed by atoms with Crippen LogP contribution in [0.2, 0.25) is 0 Å². The highest BCUT2D eigenvalue weighted by Gasteiger charge is 2.35. The number of pyridine rings is 1. The SMILES string of the molecule is O=C(CC(F)(F)F)N1CCCC(c2nncc3cnc4[nH]ccc4c23)C1. The van der Waals surface area contributed by atoms with Crippen molar-refractivity contribution >= 4 is 27.7 Å². The molecule has 0 aliphatic carbocycles. The summed E-state index contributed by atoms with van der Waals surface area (Å²) in [5.41, 5.74) is 1.42. The Bertz CT molecular complexity index is 968. The van der Waals surface area contributed by atoms with Gasteiger partial charge in [0.15, 0.2) is 0 Å². The maximum atomic E-state index is 12.5. The summed E-state index contributed by atoms with van der Waals surface area (Å²) in [6, 6.07) is 1.89. The molecule has 0 aromatic carbocycles. The lowest BCUT2D eigenvalue weighted by molar-refractivity contribution is -0.162. The highest BCUT2D eigenvalue weighted by molar-refractivity contribution is 6.05. The smallest absolute Gasteiger partial charge is 0.346 e. The normalized spacial score (nSPS) is 18.6. The van der Waals surface area contributed by atoms with E-state index in [1.54, 1.807) is 18.6 Å². The van der Waals surface area contributed by atoms with Crippen molar-refractivity contribution in [3.8, 4) is 0 Å². The fraction of sp³-hybridized carbons (Fsp3) is 0.412. The third-order valence-electron chi connectivity index (χ3n) is 4.75. The van der Waals surface area contributed by atoms with Gasteiger partial charge in [0.1, 0.15) is 12.1 Å². The number of carbonyl (C=O) groups is 1. The van der Waals surface area contributed by atoms with Gasteiger partial charge in [0.2, 0.25) is 5.91 Å². The fourth-order valence-corrected chi connectivity index (χ4v) is 3.61. The number of aromatic nitrogens is 4. The van der Waals surface area contributed by atoms with Crippen molar-refractivity contribution in [3.63, 3.8) is 0 Å². The van der Waals surface area contributed by atoms with Crippen LogP contribution in [0.25, 0.3) is 21.8 Å². The molecule has 4 rings (SSSR count). The molecular weight excluding hydrogens is 347 g/mol. The van der Waals surface area contributed by atoms with Crippen LogP contribution in [-0.2, 0) is 4.79 Å². The van der Waals surface area contributed by atoms with Crippen molar-refractivity contribution < 1.29 is 18.0 Å². The topological polar surface area (TPSA) is 74.8 Å². The minimum absolute atomic E-state index is 0.155. The van der Waals surface area contributed by atoms with Crippen LogP contribution in [0, 0.1) is 0 Å². The number of fused-ring (bicyclic) bond motifs is 3. The van der Waals surface area contributed by atoms with Crippen LogP contribution in [0.4, 0.5) is 13.2 Å². The van der Waals surface area contributed by atoms with Crippen molar-refractivity contribution in [3.05, 3.63) is 30.4 Å². The number of nitrogens with one attached hydrogen (secondary N) is 1. The number of hydrogen-bond donors (Lipinski definition) is 1. The average Bonchev–Trinajstić information content (AvgIpc) is 3.09. The zero-order chi connectivity index (χ0) is 18.3. The Morgan fingerprint density at radius 1 is 1.35 bits per heavy atom. The summed E-state index contributed by atoms with van der Waals surface area (Å²) in [6.45, 7) is 0.557. The van der Waals surface area contributed by atoms with Gasteiger partial charge < -0.3 is 9.88 Å². The molecule has 26 heavy (non-hydrogen) atoms. The van der Waals surface area contributed by atoms with E-state index in [2.05, 4.69) is 20.2 Å². The van der Waals surface area contributed by atoms with Crippen molar-refractivity contribution in [2.75, 3.05) is 13.1 Å². The quantitative estimate of drug-likeness (QED) is 0.759. The second-order valence-electron chi connectivity index (χ2n) is 6.53. The van der Waals surface area contributed by atoms with Crippen molar-refractivity contribution in [1.29, 1.82) is 0 Å². The Labute approximate surface area is 146 Å². The van der Waals surface area contributed by atoms with Gasteiger partial charge in [-0.3, -0.25) is 4.79 Å². The second kappa shape index (κ2) is 6.22. The number of H-pyrrole nitrogens is 1. The van der Waals surface area contributed by atoms with Gasteiger partial charge in [0.25, 0.3) is 0 Å². The van der Waals surface area contributed by atoms with Crippen LogP contribution in [0.15, 0.2) is 24.7 Å². The van der Waals surface area contributed by atoms with Gasteiger partial charge in [-0.2, -0.15) is 23.4 Å². The molecule has 0 saturated carbocycles. The Kier molecular flexibility index (Phi) is 4.01. The summed E-state index contributed by atoms with van der Waals surface area (Å²) >= 11 is 0. The maximum absolute atomic E-state index is 12.5. The number of halogens is 3. The molecule has 0 bridgehead atoms. The summed E-state index contributed by atoms with van der Waals surface area (Å²) in [5.74, 6) is -1.04. The first-order valence-corrected chi connectivity index (χ1v) is 8.34. The number of likely N-dealkylation sites (tertiary alicyclic amines) is 1. The van der Waals surface area contributed by atoms with Crippen LogP contribution in [0.5, 0.6) is 0 Å². The first-order chi connectivity index (χ1) is 12.4. The molecule has 1 aliphatic heterocycles. The molecule has 3 aromatic heterocycles. The predicted octanol–water partition coefficient (Wildman–Crippen LogP) is 3.16. The van der Waals surface area contributed by atoms with Crippen LogP contribution >= 0.6 is 0 Å². The molecule has 1 fully saturated rings. The van der Waals surface area contributed by atoms with E-state index < -0.39 is 18.5 Å². The lowest BCUT2D eigenvalue weighted by atomic mass is 9.91. The standard InChI is InChI=1S/C17H16F3N5O/c18-17(19,20)6-13(26)25-5-1-2-10(9-25)15-14-11(8-23-24-15)7-22-16-12(14)3-4-21-16/h3-4,7-8,10H,1-2,5-6,9H2,(H,21,22). The van der Waals surface area contributed by atoms with Crippen LogP contribution in [0.3, 0.4) is 0 Å². The van der Waals surface area contributed by atoms with Gasteiger partial charge in [-0.1, -0.05) is 0 Å². The van der Waals surface area contributed by atoms with Gasteiger partial charge >= 0.3 is 6.18 Å². The van der Waals surface area contributed by atoms with E-state index >= 15 is 0 Å². The lowest BCUT2D eigenvalue weighted by Crippen LogP contribution is -2.41. The summed E-state index contributed by atoms with van der Waals surface area (Å²) < 4.78 is 37.6. The number of amides is 1. The van der Waals surface area contributed by atoms with Crippen molar-refractivity contribution in [1.82, 2.24) is 25.1 Å². The fourth-order valence-electron chi connectivity index (χ4n) is 3.61. The van der Waals surface area contributed by atoms with E-state index in [0.717, 1.165) is 22.6 Å². The van der Waals surface area contributed by atoms with E-state index in [1.807, 2.05) is 6.07 Å². The van der Waals surface area contributed by atoms with E-state index in [1.165, 1.54) is 4.90 Å². The number of alkyl halides is 3. The molecule has 1 aliphatic rings. The number of nitrogens with zero attached hydrogens (tertiary/aromatic N) is 4. The highest BCUT2D eigenvalue weighted by Crippen LogP contribution is 2.34. The van der Waals surface area contributed by atoms with Crippen molar-refractivity contribution in [2.24, 2.45) is 0 Å². The largest absolute Gasteiger partial charge is 0.397 e. The molecule has 6 nitrogen and oxygen atoms in total. The number of carbonyl (C=O) groups excluding carboxylic acids is 1. The van der Waals surface area contributed by atoms with Crippen LogP contribution in [0.1, 0.15) is 30.9 Å². The van der Waals surface area contributed by atoms with Crippen LogP contribution in [-0.4, -0.2) is 50.2 Å². The van der Waals surface area contributed by atoms with E-state index in [-0.39, 0.29) is 12.5 Å². The molecule has 1 N–H and O–H groups in total. The molecule has 1 saturated heterocycles. The minimum atomic E-state index is -4.49. The minimum Gasteiger partial charge on any atom is -0.346 e. The van der Waals surface area contributed by atoms with Gasteiger partial charge in [-0.25, -0.2) is 4.98 Å². The second-order valence-corrected chi connectivity index (χ2v) is 6.53. The molecule has 9 heteroatoms. The third kappa shape index (κ3) is 3.09. The molecule has 1 amide bonds. The molecule has 0 spiro atoms. The highest BCUT2D eigenvalue weighted by atomic mass is 19.4. The van der Waals surface area contributed by atoms with Gasteiger partial charge in [-0.15, -0.1) is 0 Å². The zero-order valence-corrected chi connectivity index (χ0v) is 13.8. The maximum Gasteiger partial charge on any atom is 0.397 e. The molecular formula is C17H16F3N5O. The Morgan fingerprint density at radius 2 is 2.19 bits per heavy atom. The lowest BCUT2D eigenvalue weighted by Gasteiger charge is -2.33. The summed E-state index contributed by atoms with van der Waals surface area (Å²) in [6.07, 6.45) is 0.557. The third-order valence-corrected chi connectivity index (χ3v) is 4.75. The zero-order valence-electron chi connectivity index (χ0n) is 13.8.